The zero-order valence-electron chi connectivity index (χ0n) is 19.7. The Kier molecular flexibility index (Phi) is 15.3. The van der Waals surface area contributed by atoms with Crippen LogP contribution in [0.15, 0.2) is 0 Å². The number of hydrogen-bond acceptors (Lipinski definition) is 7. The van der Waals surface area contributed by atoms with E-state index in [0.717, 1.165) is 38.9 Å². The lowest BCUT2D eigenvalue weighted by Crippen LogP contribution is -2.56. The van der Waals surface area contributed by atoms with E-state index >= 15 is 0 Å². The van der Waals surface area contributed by atoms with Gasteiger partial charge < -0.3 is 31.6 Å². The van der Waals surface area contributed by atoms with Crippen LogP contribution in [0.3, 0.4) is 0 Å². The molecule has 3 amide bonds. The summed E-state index contributed by atoms with van der Waals surface area (Å²) in [5.41, 5.74) is 7.00. The van der Waals surface area contributed by atoms with E-state index < -0.39 is 48.2 Å². The Balaban J connectivity index is 5.20. The predicted octanol–water partition coefficient (Wildman–Crippen LogP) is 0.212. The summed E-state index contributed by atoms with van der Waals surface area (Å²) in [6, 6.07) is -3.44. The minimum absolute atomic E-state index is 0.248. The molecule has 0 bridgehead atoms. The van der Waals surface area contributed by atoms with Crippen molar-refractivity contribution in [2.24, 2.45) is 11.7 Å². The number of primary amides is 1. The number of aliphatic carboxylic acids is 1. The fourth-order valence-corrected chi connectivity index (χ4v) is 3.37. The quantitative estimate of drug-likeness (QED) is 0.125. The van der Waals surface area contributed by atoms with Crippen LogP contribution < -0.4 is 21.8 Å². The van der Waals surface area contributed by atoms with Crippen LogP contribution in [-0.2, 0) is 19.2 Å². The van der Waals surface area contributed by atoms with Gasteiger partial charge in [0.1, 0.15) is 18.1 Å². The van der Waals surface area contributed by atoms with Crippen molar-refractivity contribution < 1.29 is 29.5 Å². The van der Waals surface area contributed by atoms with Gasteiger partial charge in [-0.2, -0.15) is 5.48 Å². The average molecular weight is 460 g/mol. The number of nitrogens with zero attached hydrogens (tertiary/aromatic N) is 1. The van der Waals surface area contributed by atoms with Gasteiger partial charge in [0.05, 0.1) is 6.42 Å². The van der Waals surface area contributed by atoms with Crippen molar-refractivity contribution in [3.05, 3.63) is 0 Å². The van der Waals surface area contributed by atoms with Crippen molar-refractivity contribution in [2.45, 2.75) is 84.3 Å². The maximum atomic E-state index is 12.8. The van der Waals surface area contributed by atoms with Gasteiger partial charge in [-0.25, -0.2) is 4.79 Å². The van der Waals surface area contributed by atoms with Gasteiger partial charge in [-0.1, -0.05) is 27.7 Å². The van der Waals surface area contributed by atoms with Crippen LogP contribution in [0.4, 0.5) is 0 Å². The van der Waals surface area contributed by atoms with Crippen molar-refractivity contribution in [3.63, 3.8) is 0 Å². The molecule has 0 heterocycles. The number of hydroxylamine groups is 1. The lowest BCUT2D eigenvalue weighted by molar-refractivity contribution is -0.143. The molecule has 0 unspecified atom stereocenters. The van der Waals surface area contributed by atoms with Crippen molar-refractivity contribution in [3.8, 4) is 0 Å². The molecule has 0 aromatic heterocycles. The van der Waals surface area contributed by atoms with Crippen LogP contribution in [-0.4, -0.2) is 76.7 Å². The molecule has 0 aliphatic carbocycles. The number of amides is 3. The molecule has 0 saturated carbocycles. The number of carboxylic acid groups (broad SMARTS) is 1. The fraction of sp³-hybridized carbons (Fsp3) is 0.810. The number of carboxylic acids is 1. The first-order valence-electron chi connectivity index (χ1n) is 11.3. The van der Waals surface area contributed by atoms with Crippen LogP contribution in [0, 0.1) is 5.92 Å². The molecule has 7 N–H and O–H groups in total. The second-order valence-corrected chi connectivity index (χ2v) is 8.32. The van der Waals surface area contributed by atoms with E-state index in [2.05, 4.69) is 29.4 Å². The average Bonchev–Trinajstić information content (AvgIpc) is 2.69. The summed E-state index contributed by atoms with van der Waals surface area (Å²) in [5.74, 6) is -3.81. The second-order valence-electron chi connectivity index (χ2n) is 8.32. The number of unbranched alkanes of at least 4 members (excludes halogenated alkanes) is 1. The Bertz CT molecular complexity index is 595. The molecule has 0 rings (SSSR count). The third-order valence-electron chi connectivity index (χ3n) is 5.04. The summed E-state index contributed by atoms with van der Waals surface area (Å²) >= 11 is 0. The molecule has 11 nitrogen and oxygen atoms in total. The summed E-state index contributed by atoms with van der Waals surface area (Å²) < 4.78 is 0. The Hall–Kier alpha value is -2.24. The van der Waals surface area contributed by atoms with Gasteiger partial charge in [0.2, 0.25) is 17.7 Å². The van der Waals surface area contributed by atoms with Crippen molar-refractivity contribution in [1.82, 2.24) is 21.0 Å². The van der Waals surface area contributed by atoms with Gasteiger partial charge in [0.25, 0.3) is 0 Å². The van der Waals surface area contributed by atoms with Crippen LogP contribution in [0.1, 0.15) is 66.2 Å². The van der Waals surface area contributed by atoms with Crippen molar-refractivity contribution in [1.29, 1.82) is 0 Å². The number of nitrogens with two attached hydrogens (primary N) is 1. The first-order chi connectivity index (χ1) is 15.1. The number of rotatable bonds is 18. The summed E-state index contributed by atoms with van der Waals surface area (Å²) in [4.78, 5) is 50.1. The van der Waals surface area contributed by atoms with Gasteiger partial charge in [-0.05, 0) is 57.7 Å². The number of carbonyl (C=O) groups is 4. The molecule has 186 valence electrons. The van der Waals surface area contributed by atoms with Gasteiger partial charge in [0, 0.05) is 0 Å². The number of nitrogens with one attached hydrogen (secondary N) is 3. The molecule has 0 fully saturated rings. The Morgan fingerprint density at radius 3 is 1.91 bits per heavy atom. The highest BCUT2D eigenvalue weighted by molar-refractivity contribution is 5.93. The molecule has 0 radical (unpaired) electrons. The standard InChI is InChI=1S/C21H41N5O6/c1-5-10-26(11-6-2)12-8-7-9-15(23-20(29)18(25-32)14(3)4)19(28)24-16(21(30)31)13-17(22)27/h14-16,18,25,32H,5-13H2,1-4H3,(H2,22,27)(H,23,29)(H,24,28)(H,30,31)/t15-,16-,18-/m0/s1. The maximum Gasteiger partial charge on any atom is 0.326 e. The van der Waals surface area contributed by atoms with Gasteiger partial charge in [-0.15, -0.1) is 0 Å². The first kappa shape index (κ1) is 29.8. The van der Waals surface area contributed by atoms with Crippen LogP contribution in [0.5, 0.6) is 0 Å². The van der Waals surface area contributed by atoms with E-state index in [1.54, 1.807) is 13.8 Å². The van der Waals surface area contributed by atoms with E-state index in [1.807, 2.05) is 5.48 Å². The third-order valence-corrected chi connectivity index (χ3v) is 5.04. The molecule has 0 aliphatic rings. The molecule has 0 saturated heterocycles. The van der Waals surface area contributed by atoms with Crippen molar-refractivity contribution >= 4 is 23.7 Å². The van der Waals surface area contributed by atoms with E-state index in [9.17, 15) is 29.5 Å². The normalized spacial score (nSPS) is 14.1. The lowest BCUT2D eigenvalue weighted by Gasteiger charge is -2.25. The number of hydrogen-bond donors (Lipinski definition) is 6. The molecule has 0 spiro atoms. The Labute approximate surface area is 190 Å². The highest BCUT2D eigenvalue weighted by Gasteiger charge is 2.30. The monoisotopic (exact) mass is 459 g/mol. The Morgan fingerprint density at radius 1 is 0.906 bits per heavy atom. The van der Waals surface area contributed by atoms with Crippen LogP contribution >= 0.6 is 0 Å². The van der Waals surface area contributed by atoms with E-state index in [1.165, 1.54) is 0 Å². The van der Waals surface area contributed by atoms with Crippen molar-refractivity contribution in [2.75, 3.05) is 19.6 Å². The fourth-order valence-electron chi connectivity index (χ4n) is 3.37. The smallest absolute Gasteiger partial charge is 0.326 e. The summed E-state index contributed by atoms with van der Waals surface area (Å²) in [6.07, 6.45) is 3.23. The van der Waals surface area contributed by atoms with E-state index in [4.69, 9.17) is 5.73 Å². The molecule has 0 aromatic rings. The largest absolute Gasteiger partial charge is 0.480 e. The topological polar surface area (TPSA) is 174 Å². The molecule has 3 atom stereocenters. The first-order valence-corrected chi connectivity index (χ1v) is 11.3. The third kappa shape index (κ3) is 12.0. The lowest BCUT2D eigenvalue weighted by atomic mass is 10.0. The van der Waals surface area contributed by atoms with E-state index in [0.29, 0.717) is 6.42 Å². The van der Waals surface area contributed by atoms with Gasteiger partial charge in [-0.3, -0.25) is 14.4 Å². The molecular weight excluding hydrogens is 418 g/mol. The molecule has 11 heteroatoms. The highest BCUT2D eigenvalue weighted by Crippen LogP contribution is 2.08. The van der Waals surface area contributed by atoms with Crippen LogP contribution in [0.2, 0.25) is 0 Å². The maximum absolute atomic E-state index is 12.8. The zero-order valence-corrected chi connectivity index (χ0v) is 19.7. The minimum Gasteiger partial charge on any atom is -0.480 e. The minimum atomic E-state index is -1.49. The Morgan fingerprint density at radius 2 is 1.47 bits per heavy atom. The molecule has 32 heavy (non-hydrogen) atoms. The van der Waals surface area contributed by atoms with E-state index in [-0.39, 0.29) is 12.3 Å². The number of carbonyl (C=O) groups excluding carboxylic acids is 3. The summed E-state index contributed by atoms with van der Waals surface area (Å²) in [5, 5.41) is 23.4. The van der Waals surface area contributed by atoms with Gasteiger partial charge >= 0.3 is 5.97 Å². The highest BCUT2D eigenvalue weighted by atomic mass is 16.5. The summed E-state index contributed by atoms with van der Waals surface area (Å²) in [6.45, 7) is 10.5. The van der Waals surface area contributed by atoms with Crippen LogP contribution in [0.25, 0.3) is 0 Å². The zero-order chi connectivity index (χ0) is 24.7. The molecular formula is C21H41N5O6. The SMILES string of the molecule is CCCN(CCC)CCCC[C@H](NC(=O)[C@@H](NO)C(C)C)C(=O)N[C@@H](CC(N)=O)C(=O)O. The second kappa shape index (κ2) is 16.4. The summed E-state index contributed by atoms with van der Waals surface area (Å²) in [7, 11) is 0. The van der Waals surface area contributed by atoms with Gasteiger partial charge in [0.15, 0.2) is 0 Å². The molecule has 0 aromatic carbocycles. The predicted molar refractivity (Wildman–Crippen MR) is 120 cm³/mol. The molecule has 0 aliphatic heterocycles.